The van der Waals surface area contributed by atoms with E-state index in [9.17, 15) is 27.6 Å². The summed E-state index contributed by atoms with van der Waals surface area (Å²) in [4.78, 5) is 40.9. The Morgan fingerprint density at radius 2 is 1.68 bits per heavy atom. The minimum Gasteiger partial charge on any atom is -0.353 e. The third-order valence-electron chi connectivity index (χ3n) is 6.40. The molecule has 2 aromatic rings. The lowest BCUT2D eigenvalue weighted by atomic mass is 9.81. The Hall–Kier alpha value is -3.36. The van der Waals surface area contributed by atoms with Crippen LogP contribution in [0.2, 0.25) is 0 Å². The highest BCUT2D eigenvalue weighted by atomic mass is 19.4. The number of piperazine rings is 1. The Bertz CT molecular complexity index is 1040. The summed E-state index contributed by atoms with van der Waals surface area (Å²) in [6.07, 6.45) is -3.62. The van der Waals surface area contributed by atoms with Gasteiger partial charge in [0.15, 0.2) is 5.78 Å². The summed E-state index contributed by atoms with van der Waals surface area (Å²) in [7, 11) is 0. The summed E-state index contributed by atoms with van der Waals surface area (Å²) in [5.74, 6) is -0.640. The van der Waals surface area contributed by atoms with Gasteiger partial charge in [0.25, 0.3) is 0 Å². The molecule has 1 N–H and O–H groups in total. The van der Waals surface area contributed by atoms with Gasteiger partial charge < -0.3 is 15.1 Å². The summed E-state index contributed by atoms with van der Waals surface area (Å²) < 4.78 is 39.0. The van der Waals surface area contributed by atoms with E-state index in [-0.39, 0.29) is 42.5 Å². The van der Waals surface area contributed by atoms with Crippen LogP contribution in [0.4, 0.5) is 18.0 Å². The fourth-order valence-electron chi connectivity index (χ4n) is 4.70. The normalized spacial score (nSPS) is 21.2. The van der Waals surface area contributed by atoms with E-state index in [1.807, 2.05) is 6.07 Å². The third kappa shape index (κ3) is 5.58. The molecular weight excluding hydrogens is 447 g/mol. The fourth-order valence-corrected chi connectivity index (χ4v) is 4.70. The molecule has 9 heteroatoms. The smallest absolute Gasteiger partial charge is 0.353 e. The first kappa shape index (κ1) is 23.8. The molecule has 2 aliphatic heterocycles. The van der Waals surface area contributed by atoms with Gasteiger partial charge in [0, 0.05) is 44.1 Å². The van der Waals surface area contributed by atoms with Crippen molar-refractivity contribution in [2.24, 2.45) is 5.92 Å². The lowest BCUT2D eigenvalue weighted by molar-refractivity contribution is -0.137. The van der Waals surface area contributed by atoms with Crippen LogP contribution in [0.5, 0.6) is 0 Å². The second-order valence-electron chi connectivity index (χ2n) is 8.87. The Morgan fingerprint density at radius 1 is 0.971 bits per heavy atom. The number of piperidine rings is 1. The standard InChI is InChI=1S/C25H26F3N3O3/c26-25(27,28)21-8-6-18(7-9-21)20-12-17(13-22(32)19-4-2-1-3-5-19)14-31(15-20)24(34)30-11-10-29-23(33)16-30/h1-9,17,20H,10-16H2,(H,29,33). The molecule has 0 bridgehead atoms. The summed E-state index contributed by atoms with van der Waals surface area (Å²) in [6, 6.07) is 13.6. The first-order valence-corrected chi connectivity index (χ1v) is 11.3. The van der Waals surface area contributed by atoms with Crippen molar-refractivity contribution in [3.05, 3.63) is 71.3 Å². The van der Waals surface area contributed by atoms with Gasteiger partial charge in [-0.3, -0.25) is 9.59 Å². The summed E-state index contributed by atoms with van der Waals surface area (Å²) in [5, 5.41) is 2.69. The van der Waals surface area contributed by atoms with Crippen molar-refractivity contribution in [2.45, 2.75) is 24.9 Å². The molecule has 180 valence electrons. The molecule has 2 aromatic carbocycles. The minimum absolute atomic E-state index is 0.0338. The van der Waals surface area contributed by atoms with Crippen LogP contribution in [0, 0.1) is 5.92 Å². The zero-order valence-corrected chi connectivity index (χ0v) is 18.6. The molecule has 2 heterocycles. The van der Waals surface area contributed by atoms with Crippen molar-refractivity contribution in [2.75, 3.05) is 32.7 Å². The number of benzene rings is 2. The van der Waals surface area contributed by atoms with Gasteiger partial charge in [-0.05, 0) is 30.0 Å². The number of alkyl halides is 3. The van der Waals surface area contributed by atoms with E-state index >= 15 is 0 Å². The van der Waals surface area contributed by atoms with Gasteiger partial charge >= 0.3 is 12.2 Å². The Morgan fingerprint density at radius 3 is 2.32 bits per heavy atom. The average Bonchev–Trinajstić information content (AvgIpc) is 2.83. The van der Waals surface area contributed by atoms with Gasteiger partial charge in [-0.15, -0.1) is 0 Å². The maximum Gasteiger partial charge on any atom is 0.416 e. The molecule has 3 amide bonds. The number of rotatable bonds is 4. The molecule has 6 nitrogen and oxygen atoms in total. The molecule has 2 aliphatic rings. The molecule has 34 heavy (non-hydrogen) atoms. The Kier molecular flexibility index (Phi) is 6.90. The molecule has 0 aromatic heterocycles. The SMILES string of the molecule is O=C1CN(C(=O)N2CC(CC(=O)c3ccccc3)CC(c3ccc(C(F)(F)F)cc3)C2)CCN1. The molecule has 4 rings (SSSR count). The molecule has 0 radical (unpaired) electrons. The number of ketones is 1. The number of hydrogen-bond donors (Lipinski definition) is 1. The van der Waals surface area contributed by atoms with Crippen LogP contribution in [0.25, 0.3) is 0 Å². The molecule has 2 atom stereocenters. The van der Waals surface area contributed by atoms with Crippen LogP contribution in [0.15, 0.2) is 54.6 Å². The summed E-state index contributed by atoms with van der Waals surface area (Å²) in [5.41, 5.74) is 0.555. The second-order valence-corrected chi connectivity index (χ2v) is 8.87. The zero-order chi connectivity index (χ0) is 24.3. The third-order valence-corrected chi connectivity index (χ3v) is 6.40. The van der Waals surface area contributed by atoms with Crippen LogP contribution in [0.1, 0.15) is 40.2 Å². The lowest BCUT2D eigenvalue weighted by Crippen LogP contribution is -2.56. The summed E-state index contributed by atoms with van der Waals surface area (Å²) >= 11 is 0. The van der Waals surface area contributed by atoms with Crippen molar-refractivity contribution in [1.29, 1.82) is 0 Å². The number of halogens is 3. The van der Waals surface area contributed by atoms with Crippen LogP contribution in [-0.2, 0) is 11.0 Å². The number of carbonyl (C=O) groups is 3. The van der Waals surface area contributed by atoms with Gasteiger partial charge in [-0.1, -0.05) is 42.5 Å². The number of likely N-dealkylation sites (tertiary alicyclic amines) is 1. The van der Waals surface area contributed by atoms with Gasteiger partial charge in [0.1, 0.15) is 6.54 Å². The number of carbonyl (C=O) groups excluding carboxylic acids is 3. The fraction of sp³-hybridized carbons (Fsp3) is 0.400. The van der Waals surface area contributed by atoms with Crippen LogP contribution in [-0.4, -0.2) is 60.2 Å². The quantitative estimate of drug-likeness (QED) is 0.684. The highest BCUT2D eigenvalue weighted by Gasteiger charge is 2.36. The molecule has 0 spiro atoms. The van der Waals surface area contributed by atoms with Crippen molar-refractivity contribution < 1.29 is 27.6 Å². The van der Waals surface area contributed by atoms with Crippen molar-refractivity contribution in [1.82, 2.24) is 15.1 Å². The molecule has 0 aliphatic carbocycles. The van der Waals surface area contributed by atoms with E-state index in [2.05, 4.69) is 5.32 Å². The number of amides is 3. The van der Waals surface area contributed by atoms with Gasteiger partial charge in [0.2, 0.25) is 5.91 Å². The van der Waals surface area contributed by atoms with E-state index in [1.165, 1.54) is 17.0 Å². The van der Waals surface area contributed by atoms with Gasteiger partial charge in [-0.25, -0.2) is 4.79 Å². The predicted molar refractivity (Wildman–Crippen MR) is 119 cm³/mol. The van der Waals surface area contributed by atoms with E-state index in [0.717, 1.165) is 12.1 Å². The van der Waals surface area contributed by atoms with E-state index in [4.69, 9.17) is 0 Å². The highest BCUT2D eigenvalue weighted by molar-refractivity contribution is 5.96. The lowest BCUT2D eigenvalue weighted by Gasteiger charge is -2.41. The largest absolute Gasteiger partial charge is 0.416 e. The topological polar surface area (TPSA) is 69.7 Å². The summed E-state index contributed by atoms with van der Waals surface area (Å²) in [6.45, 7) is 1.40. The predicted octanol–water partition coefficient (Wildman–Crippen LogP) is 3.94. The number of nitrogens with zero attached hydrogens (tertiary/aromatic N) is 2. The van der Waals surface area contributed by atoms with E-state index < -0.39 is 11.7 Å². The first-order valence-electron chi connectivity index (χ1n) is 11.3. The molecular formula is C25H26F3N3O3. The Balaban J connectivity index is 1.54. The average molecular weight is 473 g/mol. The minimum atomic E-state index is -4.42. The van der Waals surface area contributed by atoms with E-state index in [1.54, 1.807) is 29.2 Å². The van der Waals surface area contributed by atoms with Crippen LogP contribution in [0.3, 0.4) is 0 Å². The van der Waals surface area contributed by atoms with Gasteiger partial charge in [0.05, 0.1) is 5.56 Å². The maximum atomic E-state index is 13.2. The number of hydrogen-bond acceptors (Lipinski definition) is 3. The van der Waals surface area contributed by atoms with E-state index in [0.29, 0.717) is 43.7 Å². The highest BCUT2D eigenvalue weighted by Crippen LogP contribution is 2.35. The van der Waals surface area contributed by atoms with Crippen molar-refractivity contribution in [3.8, 4) is 0 Å². The zero-order valence-electron chi connectivity index (χ0n) is 18.6. The molecule has 2 fully saturated rings. The number of urea groups is 1. The second kappa shape index (κ2) is 9.87. The van der Waals surface area contributed by atoms with Crippen LogP contribution >= 0.6 is 0 Å². The molecule has 0 saturated carbocycles. The number of Topliss-reactive ketones (excluding diaryl/α,β-unsaturated/α-hetero) is 1. The van der Waals surface area contributed by atoms with Crippen LogP contribution < -0.4 is 5.32 Å². The monoisotopic (exact) mass is 473 g/mol. The van der Waals surface area contributed by atoms with Crippen molar-refractivity contribution >= 4 is 17.7 Å². The molecule has 2 saturated heterocycles. The Labute approximate surface area is 195 Å². The number of nitrogens with one attached hydrogen (secondary N) is 1. The van der Waals surface area contributed by atoms with Crippen molar-refractivity contribution in [3.63, 3.8) is 0 Å². The maximum absolute atomic E-state index is 13.2. The van der Waals surface area contributed by atoms with Gasteiger partial charge in [-0.2, -0.15) is 13.2 Å². The molecule has 2 unspecified atom stereocenters. The first-order chi connectivity index (χ1) is 16.2.